The van der Waals surface area contributed by atoms with Crippen LogP contribution in [0.25, 0.3) is 0 Å². The van der Waals surface area contributed by atoms with E-state index < -0.39 is 31.5 Å². The molecule has 0 heterocycles. The fourth-order valence-electron chi connectivity index (χ4n) is 2.19. The Kier molecular flexibility index (Phi) is 16.8. The maximum absolute atomic E-state index is 11.5. The van der Waals surface area contributed by atoms with Gasteiger partial charge in [0.15, 0.2) is 0 Å². The van der Waals surface area contributed by atoms with E-state index in [0.29, 0.717) is 12.8 Å². The average molecular weight is 468 g/mol. The Morgan fingerprint density at radius 1 is 1.07 bits per heavy atom. The molecule has 0 bridgehead atoms. The number of amides is 1. The van der Waals surface area contributed by atoms with Crippen LogP contribution in [0.15, 0.2) is 0 Å². The van der Waals surface area contributed by atoms with Crippen molar-refractivity contribution < 1.29 is 60.3 Å². The van der Waals surface area contributed by atoms with Crippen molar-refractivity contribution in [2.75, 3.05) is 11.5 Å². The summed E-state index contributed by atoms with van der Waals surface area (Å²) < 4.78 is 60.8. The average Bonchev–Trinajstić information content (AvgIpc) is 2.47. The van der Waals surface area contributed by atoms with Crippen LogP contribution in [0.1, 0.15) is 80.6 Å². The molecule has 8 nitrogen and oxygen atoms in total. The van der Waals surface area contributed by atoms with Gasteiger partial charge in [0.05, 0.1) is 21.4 Å². The first-order chi connectivity index (χ1) is 12.3. The van der Waals surface area contributed by atoms with Gasteiger partial charge < -0.3 is 9.87 Å². The van der Waals surface area contributed by atoms with Crippen molar-refractivity contribution in [3.05, 3.63) is 0 Å². The molecule has 1 atom stereocenters. The van der Waals surface area contributed by atoms with Crippen molar-refractivity contribution >= 4 is 26.1 Å². The molecule has 0 radical (unpaired) electrons. The molecule has 170 valence electrons. The smallest absolute Gasteiger partial charge is 0.748 e. The molecule has 0 aliphatic carbocycles. The topological polar surface area (TPSA) is 141 Å². The maximum Gasteiger partial charge on any atom is 1.00 e. The summed E-state index contributed by atoms with van der Waals surface area (Å²) >= 11 is 0. The van der Waals surface area contributed by atoms with Gasteiger partial charge in [-0.2, -0.15) is 8.42 Å². The summed E-state index contributed by atoms with van der Waals surface area (Å²) in [6.45, 7) is 13.2. The van der Waals surface area contributed by atoms with Crippen LogP contribution < -0.4 is 34.9 Å². The first kappa shape index (κ1) is 33.9. The number of carbonyl (C=O) groups excluding carboxylic acids is 1. The summed E-state index contributed by atoms with van der Waals surface area (Å²) in [7, 11) is -8.07. The fraction of sp³-hybridized carbons (Fsp3) is 0.944. The van der Waals surface area contributed by atoms with E-state index in [0.717, 1.165) is 19.3 Å². The molecule has 1 amide bonds. The minimum absolute atomic E-state index is 0. The second-order valence-electron chi connectivity index (χ2n) is 8.65. The zero-order chi connectivity index (χ0) is 22.8. The Bertz CT molecular complexity index is 674. The molecule has 0 fully saturated rings. The molecule has 0 aliphatic rings. The molecule has 0 spiro atoms. The quantitative estimate of drug-likeness (QED) is 0.247. The number of hydrogen-bond acceptors (Lipinski definition) is 6. The van der Waals surface area contributed by atoms with Crippen LogP contribution in [0.5, 0.6) is 0 Å². The van der Waals surface area contributed by atoms with Gasteiger partial charge in [-0.1, -0.05) is 47.5 Å². The zero-order valence-electron chi connectivity index (χ0n) is 19.2. The van der Waals surface area contributed by atoms with Gasteiger partial charge in [0, 0.05) is 11.7 Å². The fourth-order valence-corrected chi connectivity index (χ4v) is 3.74. The van der Waals surface area contributed by atoms with Gasteiger partial charge in [0.1, 0.15) is 0 Å². The van der Waals surface area contributed by atoms with E-state index in [2.05, 4.69) is 26.1 Å². The molecule has 0 aliphatic heterocycles. The van der Waals surface area contributed by atoms with Crippen LogP contribution in [0.4, 0.5) is 0 Å². The van der Waals surface area contributed by atoms with Crippen molar-refractivity contribution in [3.8, 4) is 0 Å². The molecule has 1 unspecified atom stereocenters. The third-order valence-corrected chi connectivity index (χ3v) is 6.39. The van der Waals surface area contributed by atoms with Crippen molar-refractivity contribution in [3.63, 3.8) is 0 Å². The molecule has 0 saturated carbocycles. The standard InChI is InChI=1S/C9H19NO4S.C9H20O3S.Na/c1-5-7(2)8(11)10-9(3,4)6-15(12,13)14;1-4-9(2,3)7-5-6-8-13(10,11)12;/h7H,5-6H2,1-4H3,(H,10,11)(H,12,13,14);4-8H2,1-3H3,(H,10,11,12);/q;;+1/p-1. The summed E-state index contributed by atoms with van der Waals surface area (Å²) in [5.74, 6) is -1.06. The molecule has 2 N–H and O–H groups in total. The van der Waals surface area contributed by atoms with Gasteiger partial charge >= 0.3 is 29.6 Å². The third-order valence-electron chi connectivity index (χ3n) is 4.52. The SMILES string of the molecule is CCC(C)(C)CCCCS(=O)(=O)[O-].CCC(C)C(=O)NC(C)(C)CS(=O)(=O)O.[Na+]. The summed E-state index contributed by atoms with van der Waals surface area (Å²) in [5.41, 5.74) is -0.680. The van der Waals surface area contributed by atoms with Gasteiger partial charge in [0.25, 0.3) is 10.1 Å². The predicted octanol–water partition coefficient (Wildman–Crippen LogP) is -0.0428. The van der Waals surface area contributed by atoms with Crippen LogP contribution in [0.2, 0.25) is 0 Å². The predicted molar refractivity (Wildman–Crippen MR) is 111 cm³/mol. The van der Waals surface area contributed by atoms with Gasteiger partial charge in [-0.05, 0) is 38.5 Å². The number of unbranched alkanes of at least 4 members (excludes halogenated alkanes) is 1. The molecule has 0 aromatic heterocycles. The largest absolute Gasteiger partial charge is 1.00 e. The molecule has 0 saturated heterocycles. The second-order valence-corrected chi connectivity index (χ2v) is 11.6. The van der Waals surface area contributed by atoms with Crippen LogP contribution in [-0.2, 0) is 25.0 Å². The van der Waals surface area contributed by atoms with Crippen molar-refractivity contribution in [2.45, 2.75) is 86.1 Å². The first-order valence-electron chi connectivity index (χ1n) is 9.55. The number of rotatable bonds is 11. The normalized spacial score (nSPS) is 13.6. The molecule has 11 heteroatoms. The second kappa shape index (κ2) is 14.4. The van der Waals surface area contributed by atoms with E-state index in [1.54, 1.807) is 20.8 Å². The van der Waals surface area contributed by atoms with Crippen LogP contribution in [0, 0.1) is 11.3 Å². The van der Waals surface area contributed by atoms with E-state index in [4.69, 9.17) is 4.55 Å². The van der Waals surface area contributed by atoms with Gasteiger partial charge in [-0.15, -0.1) is 0 Å². The Hall–Kier alpha value is 0.290. The molecular weight excluding hydrogens is 429 g/mol. The Balaban J connectivity index is -0.000000455. The summed E-state index contributed by atoms with van der Waals surface area (Å²) in [6, 6.07) is 0. The molecule has 0 aromatic rings. The molecule has 0 rings (SSSR count). The number of nitrogens with one attached hydrogen (secondary N) is 1. The third kappa shape index (κ3) is 22.8. The summed E-state index contributed by atoms with van der Waals surface area (Å²) in [5, 5.41) is 2.59. The number of carbonyl (C=O) groups is 1. The minimum atomic E-state index is -4.07. The van der Waals surface area contributed by atoms with E-state index in [1.807, 2.05) is 6.92 Å². The summed E-state index contributed by atoms with van der Waals surface area (Å²) in [4.78, 5) is 11.5. The van der Waals surface area contributed by atoms with Gasteiger partial charge in [-0.3, -0.25) is 9.35 Å². The van der Waals surface area contributed by atoms with Crippen LogP contribution in [0.3, 0.4) is 0 Å². The van der Waals surface area contributed by atoms with E-state index in [9.17, 15) is 26.2 Å². The van der Waals surface area contributed by atoms with E-state index >= 15 is 0 Å². The van der Waals surface area contributed by atoms with Crippen molar-refractivity contribution in [1.82, 2.24) is 5.32 Å². The van der Waals surface area contributed by atoms with E-state index in [1.165, 1.54) is 0 Å². The monoisotopic (exact) mass is 467 g/mol. The minimum Gasteiger partial charge on any atom is -0.748 e. The Morgan fingerprint density at radius 2 is 1.55 bits per heavy atom. The molecule has 29 heavy (non-hydrogen) atoms. The van der Waals surface area contributed by atoms with Crippen molar-refractivity contribution in [1.29, 1.82) is 0 Å². The van der Waals surface area contributed by atoms with Crippen LogP contribution >= 0.6 is 0 Å². The first-order valence-corrected chi connectivity index (χ1v) is 12.7. The van der Waals surface area contributed by atoms with Gasteiger partial charge in [-0.25, -0.2) is 8.42 Å². The van der Waals surface area contributed by atoms with E-state index in [-0.39, 0.29) is 52.6 Å². The van der Waals surface area contributed by atoms with Crippen LogP contribution in [-0.4, -0.2) is 48.9 Å². The van der Waals surface area contributed by atoms with Crippen molar-refractivity contribution in [2.24, 2.45) is 11.3 Å². The zero-order valence-corrected chi connectivity index (χ0v) is 22.9. The summed E-state index contributed by atoms with van der Waals surface area (Å²) in [6.07, 6.45) is 4.07. The molecule has 0 aromatic carbocycles. The number of hydrogen-bond donors (Lipinski definition) is 2. The van der Waals surface area contributed by atoms with Gasteiger partial charge in [0.2, 0.25) is 5.91 Å². The molecular formula is C18H38NNaO7S2. The maximum atomic E-state index is 11.5. The Morgan fingerprint density at radius 3 is 1.90 bits per heavy atom. The Labute approximate surface area is 199 Å².